The Kier molecular flexibility index (Phi) is 5.35. The van der Waals surface area contributed by atoms with Crippen LogP contribution in [-0.2, 0) is 14.8 Å². The lowest BCUT2D eigenvalue weighted by Crippen LogP contribution is -2.35. The molecule has 1 aromatic rings. The van der Waals surface area contributed by atoms with Crippen molar-refractivity contribution in [2.24, 2.45) is 5.92 Å². The number of ether oxygens (including phenoxy) is 1. The fourth-order valence-electron chi connectivity index (χ4n) is 1.70. The van der Waals surface area contributed by atoms with Gasteiger partial charge in [-0.05, 0) is 25.0 Å². The van der Waals surface area contributed by atoms with Crippen LogP contribution in [0.1, 0.15) is 26.7 Å². The molecule has 0 fully saturated rings. The highest BCUT2D eigenvalue weighted by Gasteiger charge is 2.22. The molecule has 0 unspecified atom stereocenters. The normalized spacial score (nSPS) is 11.4. The van der Waals surface area contributed by atoms with Crippen molar-refractivity contribution in [1.82, 2.24) is 4.72 Å². The number of carbonyl (C=O) groups excluding carboxylic acids is 1. The van der Waals surface area contributed by atoms with Crippen molar-refractivity contribution < 1.29 is 17.9 Å². The summed E-state index contributed by atoms with van der Waals surface area (Å²) in [5.74, 6) is -0.328. The number of benzene rings is 1. The van der Waals surface area contributed by atoms with Crippen molar-refractivity contribution in [3.63, 3.8) is 0 Å². The van der Waals surface area contributed by atoms with Gasteiger partial charge in [-0.3, -0.25) is 4.79 Å². The summed E-state index contributed by atoms with van der Waals surface area (Å²) in [6.07, 6.45) is 1.21. The summed E-state index contributed by atoms with van der Waals surface area (Å²) in [6, 6.07) is 6.00. The maximum Gasteiger partial charge on any atom is 0.264 e. The van der Waals surface area contributed by atoms with Crippen molar-refractivity contribution in [2.75, 3.05) is 7.11 Å². The molecule has 0 saturated carbocycles. The second-order valence-electron chi connectivity index (χ2n) is 4.16. The van der Waals surface area contributed by atoms with E-state index in [0.29, 0.717) is 18.6 Å². The summed E-state index contributed by atoms with van der Waals surface area (Å²) in [4.78, 5) is 11.8. The molecular weight excluding hydrogens is 266 g/mol. The highest BCUT2D eigenvalue weighted by atomic mass is 32.2. The van der Waals surface area contributed by atoms with Crippen LogP contribution in [-0.4, -0.2) is 21.4 Å². The van der Waals surface area contributed by atoms with E-state index < -0.39 is 15.9 Å². The first-order valence-electron chi connectivity index (χ1n) is 6.15. The fourth-order valence-corrected chi connectivity index (χ4v) is 2.78. The van der Waals surface area contributed by atoms with E-state index >= 15 is 0 Å². The van der Waals surface area contributed by atoms with Crippen molar-refractivity contribution in [1.29, 1.82) is 0 Å². The first-order valence-corrected chi connectivity index (χ1v) is 7.63. The minimum Gasteiger partial charge on any atom is -0.497 e. The van der Waals surface area contributed by atoms with Crippen LogP contribution >= 0.6 is 0 Å². The zero-order chi connectivity index (χ0) is 14.5. The number of sulfonamides is 1. The van der Waals surface area contributed by atoms with E-state index in [0.717, 1.165) is 0 Å². The van der Waals surface area contributed by atoms with E-state index in [-0.39, 0.29) is 10.8 Å². The van der Waals surface area contributed by atoms with Crippen molar-refractivity contribution in [3.8, 4) is 5.75 Å². The lowest BCUT2D eigenvalue weighted by Gasteiger charge is -2.13. The average molecular weight is 285 g/mol. The molecule has 0 aliphatic carbocycles. The third-order valence-electron chi connectivity index (χ3n) is 2.94. The first-order chi connectivity index (χ1) is 8.94. The number of hydrogen-bond acceptors (Lipinski definition) is 4. The molecule has 0 aliphatic rings. The molecule has 0 heterocycles. The molecule has 1 amide bonds. The minimum absolute atomic E-state index is 0.0196. The van der Waals surface area contributed by atoms with Crippen LogP contribution in [0.25, 0.3) is 0 Å². The lowest BCUT2D eigenvalue weighted by atomic mass is 10.0. The number of methoxy groups -OCH3 is 1. The van der Waals surface area contributed by atoms with Gasteiger partial charge in [-0.25, -0.2) is 13.1 Å². The van der Waals surface area contributed by atoms with Gasteiger partial charge in [0.25, 0.3) is 10.0 Å². The minimum atomic E-state index is -3.84. The van der Waals surface area contributed by atoms with Crippen LogP contribution in [0.2, 0.25) is 0 Å². The molecule has 0 atom stereocenters. The van der Waals surface area contributed by atoms with Crippen molar-refractivity contribution in [3.05, 3.63) is 24.3 Å². The summed E-state index contributed by atoms with van der Waals surface area (Å²) < 4.78 is 31.2. The Balaban J connectivity index is 2.95. The van der Waals surface area contributed by atoms with Gasteiger partial charge in [-0.2, -0.15) is 0 Å². The monoisotopic (exact) mass is 285 g/mol. The zero-order valence-corrected chi connectivity index (χ0v) is 12.2. The number of hydrogen-bond donors (Lipinski definition) is 1. The Morgan fingerprint density at radius 1 is 1.32 bits per heavy atom. The van der Waals surface area contributed by atoms with E-state index in [4.69, 9.17) is 4.74 Å². The molecule has 1 rings (SSSR count). The second-order valence-corrected chi connectivity index (χ2v) is 5.84. The number of carbonyl (C=O) groups is 1. The summed E-state index contributed by atoms with van der Waals surface area (Å²) in [5.41, 5.74) is 0. The van der Waals surface area contributed by atoms with Crippen LogP contribution in [0.15, 0.2) is 29.2 Å². The quantitative estimate of drug-likeness (QED) is 0.867. The fraction of sp³-hybridized carbons (Fsp3) is 0.462. The summed E-state index contributed by atoms with van der Waals surface area (Å²) in [6.45, 7) is 3.71. The van der Waals surface area contributed by atoms with Crippen molar-refractivity contribution in [2.45, 2.75) is 31.6 Å². The Bertz CT molecular complexity index is 535. The topological polar surface area (TPSA) is 72.5 Å². The molecule has 6 heteroatoms. The highest BCUT2D eigenvalue weighted by molar-refractivity contribution is 7.90. The summed E-state index contributed by atoms with van der Waals surface area (Å²) >= 11 is 0. The standard InChI is InChI=1S/C13H19NO4S/c1-4-10(5-2)13(15)14-19(16,17)12-8-6-7-11(9-12)18-3/h6-10H,4-5H2,1-3H3,(H,14,15). The maximum atomic E-state index is 12.1. The van der Waals surface area contributed by atoms with E-state index in [1.165, 1.54) is 19.2 Å². The van der Waals surface area contributed by atoms with Gasteiger partial charge in [0.05, 0.1) is 12.0 Å². The Labute approximate surface area is 114 Å². The average Bonchev–Trinajstić information content (AvgIpc) is 2.39. The SMILES string of the molecule is CCC(CC)C(=O)NS(=O)(=O)c1cccc(OC)c1. The molecule has 1 aromatic carbocycles. The molecule has 0 bridgehead atoms. The number of amides is 1. The van der Waals surface area contributed by atoms with Gasteiger partial charge in [0.2, 0.25) is 5.91 Å². The largest absolute Gasteiger partial charge is 0.497 e. The summed E-state index contributed by atoms with van der Waals surface area (Å²) in [7, 11) is -2.38. The molecular formula is C13H19NO4S. The van der Waals surface area contributed by atoms with Gasteiger partial charge >= 0.3 is 0 Å². The zero-order valence-electron chi connectivity index (χ0n) is 11.3. The van der Waals surface area contributed by atoms with Gasteiger partial charge in [0.1, 0.15) is 5.75 Å². The van der Waals surface area contributed by atoms with Gasteiger partial charge in [-0.1, -0.05) is 19.9 Å². The van der Waals surface area contributed by atoms with Crippen LogP contribution in [0.4, 0.5) is 0 Å². The number of rotatable bonds is 6. The van der Waals surface area contributed by atoms with E-state index in [1.54, 1.807) is 12.1 Å². The summed E-state index contributed by atoms with van der Waals surface area (Å²) in [5, 5.41) is 0. The van der Waals surface area contributed by atoms with Crippen molar-refractivity contribution >= 4 is 15.9 Å². The van der Waals surface area contributed by atoms with E-state index in [1.807, 2.05) is 13.8 Å². The smallest absolute Gasteiger partial charge is 0.264 e. The van der Waals surface area contributed by atoms with Gasteiger partial charge in [-0.15, -0.1) is 0 Å². The third-order valence-corrected chi connectivity index (χ3v) is 4.29. The molecule has 0 aliphatic heterocycles. The molecule has 19 heavy (non-hydrogen) atoms. The predicted molar refractivity (Wildman–Crippen MR) is 72.4 cm³/mol. The molecule has 1 N–H and O–H groups in total. The molecule has 0 radical (unpaired) electrons. The maximum absolute atomic E-state index is 12.1. The molecule has 106 valence electrons. The van der Waals surface area contributed by atoms with Gasteiger partial charge in [0, 0.05) is 12.0 Å². The van der Waals surface area contributed by atoms with E-state index in [9.17, 15) is 13.2 Å². The molecule has 0 spiro atoms. The van der Waals surface area contributed by atoms with Crippen LogP contribution < -0.4 is 9.46 Å². The molecule has 5 nitrogen and oxygen atoms in total. The molecule has 0 saturated heterocycles. The third kappa shape index (κ3) is 3.96. The van der Waals surface area contributed by atoms with Crippen LogP contribution in [0.3, 0.4) is 0 Å². The molecule has 0 aromatic heterocycles. The highest BCUT2D eigenvalue weighted by Crippen LogP contribution is 2.17. The Hall–Kier alpha value is -1.56. The van der Waals surface area contributed by atoms with Crippen LogP contribution in [0.5, 0.6) is 5.75 Å². The Morgan fingerprint density at radius 2 is 1.95 bits per heavy atom. The van der Waals surface area contributed by atoms with Crippen LogP contribution in [0, 0.1) is 5.92 Å². The first kappa shape index (κ1) is 15.5. The van der Waals surface area contributed by atoms with Gasteiger partial charge < -0.3 is 4.74 Å². The van der Waals surface area contributed by atoms with Gasteiger partial charge in [0.15, 0.2) is 0 Å². The predicted octanol–water partition coefficient (Wildman–Crippen LogP) is 1.94. The second kappa shape index (κ2) is 6.56. The number of nitrogens with one attached hydrogen (secondary N) is 1. The lowest BCUT2D eigenvalue weighted by molar-refractivity contribution is -0.123. The Morgan fingerprint density at radius 3 is 2.47 bits per heavy atom. The van der Waals surface area contributed by atoms with E-state index in [2.05, 4.69) is 4.72 Å².